The summed E-state index contributed by atoms with van der Waals surface area (Å²) < 4.78 is 26.0. The first-order valence-electron chi connectivity index (χ1n) is 9.49. The number of carbonyl (C=O) groups is 1. The molecule has 2 aromatic carbocycles. The number of hydrogen-bond acceptors (Lipinski definition) is 3. The number of benzene rings is 2. The summed E-state index contributed by atoms with van der Waals surface area (Å²) in [7, 11) is -3.60. The molecule has 152 valence electrons. The number of hydrogen-bond donors (Lipinski definition) is 1. The lowest BCUT2D eigenvalue weighted by Crippen LogP contribution is -2.48. The SMILES string of the molecule is Cc1ccc(CCCNC(=O)[C@H](C)N(c2cc(C)cc(C)c2)S(C)(=O)=O)cc1. The zero-order chi connectivity index (χ0) is 20.9. The van der Waals surface area contributed by atoms with Crippen molar-refractivity contribution in [2.24, 2.45) is 0 Å². The second kappa shape index (κ2) is 9.24. The summed E-state index contributed by atoms with van der Waals surface area (Å²) in [4.78, 5) is 12.6. The number of anilines is 1. The predicted molar refractivity (Wildman–Crippen MR) is 115 cm³/mol. The van der Waals surface area contributed by atoms with E-state index in [1.807, 2.05) is 19.9 Å². The van der Waals surface area contributed by atoms with Crippen LogP contribution in [-0.2, 0) is 21.2 Å². The average molecular weight is 403 g/mol. The molecule has 0 aromatic heterocycles. The molecule has 0 bridgehead atoms. The predicted octanol–water partition coefficient (Wildman–Crippen LogP) is 3.52. The molecule has 1 atom stereocenters. The summed E-state index contributed by atoms with van der Waals surface area (Å²) >= 11 is 0. The first kappa shape index (κ1) is 22.0. The molecule has 5 nitrogen and oxygen atoms in total. The Bertz CT molecular complexity index is 901. The van der Waals surface area contributed by atoms with E-state index in [0.717, 1.165) is 30.2 Å². The molecule has 28 heavy (non-hydrogen) atoms. The summed E-state index contributed by atoms with van der Waals surface area (Å²) in [5.41, 5.74) is 4.87. The normalized spacial score (nSPS) is 12.5. The first-order chi connectivity index (χ1) is 13.1. The van der Waals surface area contributed by atoms with Gasteiger partial charge in [-0.25, -0.2) is 8.42 Å². The highest BCUT2D eigenvalue weighted by Crippen LogP contribution is 2.23. The number of nitrogens with zero attached hydrogens (tertiary/aromatic N) is 1. The quantitative estimate of drug-likeness (QED) is 0.687. The average Bonchev–Trinajstić information content (AvgIpc) is 2.58. The highest BCUT2D eigenvalue weighted by Gasteiger charge is 2.29. The Hall–Kier alpha value is -2.34. The molecule has 0 aliphatic heterocycles. The molecule has 0 fully saturated rings. The topological polar surface area (TPSA) is 66.5 Å². The molecule has 2 aromatic rings. The molecule has 0 aliphatic carbocycles. The van der Waals surface area contributed by atoms with Gasteiger partial charge in [-0.15, -0.1) is 0 Å². The van der Waals surface area contributed by atoms with E-state index in [2.05, 4.69) is 36.5 Å². The third kappa shape index (κ3) is 6.09. The largest absolute Gasteiger partial charge is 0.354 e. The summed E-state index contributed by atoms with van der Waals surface area (Å²) in [6, 6.07) is 13.0. The van der Waals surface area contributed by atoms with Gasteiger partial charge in [-0.05, 0) is 69.4 Å². The van der Waals surface area contributed by atoms with Crippen LogP contribution >= 0.6 is 0 Å². The molecular formula is C22H30N2O3S. The van der Waals surface area contributed by atoms with Gasteiger partial charge in [0.15, 0.2) is 0 Å². The lowest BCUT2D eigenvalue weighted by Gasteiger charge is -2.28. The van der Waals surface area contributed by atoms with E-state index < -0.39 is 16.1 Å². The Morgan fingerprint density at radius 2 is 1.57 bits per heavy atom. The maximum absolute atomic E-state index is 12.6. The van der Waals surface area contributed by atoms with Crippen LogP contribution in [0.15, 0.2) is 42.5 Å². The summed E-state index contributed by atoms with van der Waals surface area (Å²) in [6.45, 7) is 7.99. The van der Waals surface area contributed by atoms with Crippen LogP contribution in [0.2, 0.25) is 0 Å². The number of sulfonamides is 1. The molecule has 0 radical (unpaired) electrons. The summed E-state index contributed by atoms with van der Waals surface area (Å²) in [6.07, 6.45) is 2.79. The third-order valence-electron chi connectivity index (χ3n) is 4.61. The smallest absolute Gasteiger partial charge is 0.243 e. The minimum absolute atomic E-state index is 0.298. The molecule has 0 unspecified atom stereocenters. The Balaban J connectivity index is 2.02. The van der Waals surface area contributed by atoms with Crippen LogP contribution in [0, 0.1) is 20.8 Å². The van der Waals surface area contributed by atoms with Crippen molar-refractivity contribution in [2.75, 3.05) is 17.1 Å². The van der Waals surface area contributed by atoms with Crippen molar-refractivity contribution in [3.63, 3.8) is 0 Å². The maximum atomic E-state index is 12.6. The monoisotopic (exact) mass is 402 g/mol. The van der Waals surface area contributed by atoms with Gasteiger partial charge in [-0.1, -0.05) is 35.9 Å². The fourth-order valence-electron chi connectivity index (χ4n) is 3.29. The van der Waals surface area contributed by atoms with E-state index in [-0.39, 0.29) is 5.91 Å². The van der Waals surface area contributed by atoms with E-state index in [9.17, 15) is 13.2 Å². The van der Waals surface area contributed by atoms with E-state index in [4.69, 9.17) is 0 Å². The second-order valence-corrected chi connectivity index (χ2v) is 9.32. The first-order valence-corrected chi connectivity index (χ1v) is 11.3. The van der Waals surface area contributed by atoms with Crippen LogP contribution in [0.25, 0.3) is 0 Å². The van der Waals surface area contributed by atoms with E-state index in [1.165, 1.54) is 15.4 Å². The van der Waals surface area contributed by atoms with Crippen LogP contribution in [0.1, 0.15) is 35.6 Å². The summed E-state index contributed by atoms with van der Waals surface area (Å²) in [5.74, 6) is -0.298. The van der Waals surface area contributed by atoms with Crippen LogP contribution in [0.3, 0.4) is 0 Å². The highest BCUT2D eigenvalue weighted by molar-refractivity contribution is 7.92. The molecule has 1 amide bonds. The van der Waals surface area contributed by atoms with Crippen molar-refractivity contribution in [3.05, 3.63) is 64.7 Å². The summed E-state index contributed by atoms with van der Waals surface area (Å²) in [5, 5.41) is 2.87. The van der Waals surface area contributed by atoms with E-state index in [0.29, 0.717) is 12.2 Å². The van der Waals surface area contributed by atoms with Crippen molar-refractivity contribution in [1.82, 2.24) is 5.32 Å². The molecular weight excluding hydrogens is 372 g/mol. The van der Waals surface area contributed by atoms with Gasteiger partial charge < -0.3 is 5.32 Å². The number of carbonyl (C=O) groups excluding carboxylic acids is 1. The minimum atomic E-state index is -3.60. The number of aryl methyl sites for hydroxylation is 4. The molecule has 6 heteroatoms. The van der Waals surface area contributed by atoms with E-state index >= 15 is 0 Å². The number of nitrogens with one attached hydrogen (secondary N) is 1. The van der Waals surface area contributed by atoms with Crippen molar-refractivity contribution >= 4 is 21.6 Å². The highest BCUT2D eigenvalue weighted by atomic mass is 32.2. The molecule has 2 rings (SSSR count). The molecule has 1 N–H and O–H groups in total. The fraction of sp³-hybridized carbons (Fsp3) is 0.409. The van der Waals surface area contributed by atoms with E-state index in [1.54, 1.807) is 19.1 Å². The van der Waals surface area contributed by atoms with Gasteiger partial charge >= 0.3 is 0 Å². The molecule has 0 saturated carbocycles. The van der Waals surface area contributed by atoms with Crippen LogP contribution in [0.4, 0.5) is 5.69 Å². The van der Waals surface area contributed by atoms with Crippen molar-refractivity contribution < 1.29 is 13.2 Å². The van der Waals surface area contributed by atoms with Crippen molar-refractivity contribution in [1.29, 1.82) is 0 Å². The molecule has 0 saturated heterocycles. The van der Waals surface area contributed by atoms with Crippen LogP contribution in [0.5, 0.6) is 0 Å². The van der Waals surface area contributed by atoms with Crippen LogP contribution in [-0.4, -0.2) is 33.2 Å². The van der Waals surface area contributed by atoms with Crippen molar-refractivity contribution in [3.8, 4) is 0 Å². The Morgan fingerprint density at radius 1 is 1.00 bits per heavy atom. The number of amides is 1. The van der Waals surface area contributed by atoms with Gasteiger partial charge in [0.1, 0.15) is 6.04 Å². The van der Waals surface area contributed by atoms with Gasteiger partial charge in [0, 0.05) is 6.54 Å². The Labute approximate surface area is 168 Å². The van der Waals surface area contributed by atoms with Gasteiger partial charge in [0.2, 0.25) is 15.9 Å². The molecule has 0 aliphatic rings. The fourth-order valence-corrected chi connectivity index (χ4v) is 4.45. The zero-order valence-electron chi connectivity index (χ0n) is 17.3. The molecule has 0 heterocycles. The Morgan fingerprint density at radius 3 is 2.11 bits per heavy atom. The lowest BCUT2D eigenvalue weighted by atomic mass is 10.1. The van der Waals surface area contributed by atoms with Crippen molar-refractivity contribution in [2.45, 2.75) is 46.6 Å². The third-order valence-corrected chi connectivity index (χ3v) is 5.85. The van der Waals surface area contributed by atoms with Gasteiger partial charge in [-0.2, -0.15) is 0 Å². The van der Waals surface area contributed by atoms with Gasteiger partial charge in [0.05, 0.1) is 11.9 Å². The minimum Gasteiger partial charge on any atom is -0.354 e. The lowest BCUT2D eigenvalue weighted by molar-refractivity contribution is -0.121. The zero-order valence-corrected chi connectivity index (χ0v) is 18.1. The standard InChI is InChI=1S/C22H30N2O3S/c1-16-8-10-20(11-9-16)7-6-12-23-22(25)19(4)24(28(5,26)27)21-14-17(2)13-18(3)15-21/h8-11,13-15,19H,6-7,12H2,1-5H3,(H,23,25)/t19-/m0/s1. The molecule has 0 spiro atoms. The second-order valence-electron chi connectivity index (χ2n) is 7.46. The van der Waals surface area contributed by atoms with Gasteiger partial charge in [0.25, 0.3) is 0 Å². The Kier molecular flexibility index (Phi) is 7.24. The maximum Gasteiger partial charge on any atom is 0.243 e. The van der Waals surface area contributed by atoms with Gasteiger partial charge in [-0.3, -0.25) is 9.10 Å². The van der Waals surface area contributed by atoms with Crippen LogP contribution < -0.4 is 9.62 Å². The number of rotatable bonds is 8.